The van der Waals surface area contributed by atoms with E-state index in [0.29, 0.717) is 11.3 Å². The summed E-state index contributed by atoms with van der Waals surface area (Å²) in [6.07, 6.45) is 3.66. The minimum absolute atomic E-state index is 0.127. The van der Waals surface area contributed by atoms with Crippen molar-refractivity contribution in [3.63, 3.8) is 0 Å². The Labute approximate surface area is 224 Å². The molecule has 4 N–H and O–H groups in total. The van der Waals surface area contributed by atoms with Crippen LogP contribution in [-0.2, 0) is 19.2 Å². The van der Waals surface area contributed by atoms with Gasteiger partial charge in [-0.25, -0.2) is 9.97 Å². The van der Waals surface area contributed by atoms with Gasteiger partial charge < -0.3 is 30.8 Å². The van der Waals surface area contributed by atoms with Crippen LogP contribution in [0.2, 0.25) is 0 Å². The molecule has 0 aliphatic carbocycles. The molecule has 3 aromatic heterocycles. The molecule has 0 aromatic carbocycles. The lowest BCUT2D eigenvalue weighted by Crippen LogP contribution is -2.71. The molecule has 1 saturated heterocycles. The number of thioether (sulfide) groups is 1. The molecule has 38 heavy (non-hydrogen) atoms. The standard InChI is InChI=1S/C23H24N8O5S2/c1-4-36-29-16(15-9-38-23(24)27-15)19(32)28-17-20(33)31-18(22(34)35)12(8-37-21(17)31)10(2)30-6-5-13-14(7-30)26-11(3)25-13/h5-7,9-10,17,21H,4,8H2,1-3H3,(H4,24,27,28,32,34,35)/t10?,17?,21-/m0/s1. The maximum atomic E-state index is 13.2. The Morgan fingerprint density at radius 1 is 1.45 bits per heavy atom. The molecule has 2 amide bonds. The molecule has 0 bridgehead atoms. The third-order valence-electron chi connectivity index (χ3n) is 6.26. The minimum atomic E-state index is -1.45. The van der Waals surface area contributed by atoms with Gasteiger partial charge in [0.2, 0.25) is 0 Å². The van der Waals surface area contributed by atoms with E-state index >= 15 is 0 Å². The Balaban J connectivity index is 1.39. The van der Waals surface area contributed by atoms with Gasteiger partial charge in [0.15, 0.2) is 29.3 Å². The smallest absolute Gasteiger partial charge is 0.276 e. The first-order chi connectivity index (χ1) is 18.2. The average molecular weight is 557 g/mol. The van der Waals surface area contributed by atoms with Crippen LogP contribution in [0.1, 0.15) is 31.4 Å². The lowest BCUT2D eigenvalue weighted by Gasteiger charge is -2.50. The quantitative estimate of drug-likeness (QED) is 0.144. The van der Waals surface area contributed by atoms with Crippen molar-refractivity contribution in [2.45, 2.75) is 38.2 Å². The van der Waals surface area contributed by atoms with Crippen LogP contribution in [0.3, 0.4) is 0 Å². The molecule has 0 radical (unpaired) electrons. The van der Waals surface area contributed by atoms with Crippen LogP contribution in [0.15, 0.2) is 40.3 Å². The number of hydrogen-bond acceptors (Lipinski definition) is 11. The molecule has 198 valence electrons. The van der Waals surface area contributed by atoms with Crippen molar-refractivity contribution >= 4 is 62.8 Å². The number of aryl methyl sites for hydroxylation is 1. The number of hydrogen-bond donors (Lipinski definition) is 3. The van der Waals surface area contributed by atoms with E-state index in [4.69, 9.17) is 10.6 Å². The maximum Gasteiger partial charge on any atom is 0.276 e. The summed E-state index contributed by atoms with van der Waals surface area (Å²) in [5.41, 5.74) is 7.73. The molecular formula is C23H24N8O5S2. The first-order valence-corrected chi connectivity index (χ1v) is 13.6. The number of oxime groups is 1. The van der Waals surface area contributed by atoms with Gasteiger partial charge >= 0.3 is 0 Å². The van der Waals surface area contributed by atoms with Crippen molar-refractivity contribution in [2.24, 2.45) is 5.16 Å². The number of carboxylic acid groups (broad SMARTS) is 1. The third kappa shape index (κ3) is 4.47. The van der Waals surface area contributed by atoms with Gasteiger partial charge in [-0.3, -0.25) is 14.5 Å². The second kappa shape index (κ2) is 10.1. The number of rotatable bonds is 8. The number of anilines is 1. The molecule has 5 rings (SSSR count). The van der Waals surface area contributed by atoms with Crippen molar-refractivity contribution in [3.8, 4) is 0 Å². The number of nitrogens with zero attached hydrogens (tertiary/aromatic N) is 5. The number of β-lactam (4-membered cyclic amide) rings is 1. The number of imidazole rings is 1. The molecule has 5 heterocycles. The lowest BCUT2D eigenvalue weighted by atomic mass is 9.99. The number of carbonyl (C=O) groups excluding carboxylic acids is 3. The molecule has 3 atom stereocenters. The van der Waals surface area contributed by atoms with E-state index in [-0.39, 0.29) is 34.9 Å². The number of nitrogen functional groups attached to an aromatic ring is 1. The average Bonchev–Trinajstić information content (AvgIpc) is 3.49. The van der Waals surface area contributed by atoms with E-state index in [1.54, 1.807) is 12.3 Å². The van der Waals surface area contributed by atoms with E-state index in [2.05, 4.69) is 25.4 Å². The highest BCUT2D eigenvalue weighted by molar-refractivity contribution is 8.00. The summed E-state index contributed by atoms with van der Waals surface area (Å²) in [4.78, 5) is 56.3. The molecule has 1 fully saturated rings. The lowest BCUT2D eigenvalue weighted by molar-refractivity contribution is -0.710. The molecule has 15 heteroatoms. The number of nitrogens with one attached hydrogen (secondary N) is 2. The van der Waals surface area contributed by atoms with Gasteiger partial charge in [0, 0.05) is 29.7 Å². The summed E-state index contributed by atoms with van der Waals surface area (Å²) in [5.74, 6) is -1.60. The normalized spacial score (nSPS) is 20.2. The Hall–Kier alpha value is -3.98. The number of thiazole rings is 1. The van der Waals surface area contributed by atoms with Crippen LogP contribution >= 0.6 is 23.1 Å². The summed E-state index contributed by atoms with van der Waals surface area (Å²) in [6.45, 7) is 5.63. The van der Waals surface area contributed by atoms with Crippen molar-refractivity contribution in [1.29, 1.82) is 0 Å². The van der Waals surface area contributed by atoms with Crippen LogP contribution in [0.25, 0.3) is 11.0 Å². The van der Waals surface area contributed by atoms with E-state index in [0.717, 1.165) is 28.2 Å². The van der Waals surface area contributed by atoms with E-state index < -0.39 is 29.2 Å². The minimum Gasteiger partial charge on any atom is -0.543 e. The molecule has 2 aliphatic heterocycles. The molecule has 0 spiro atoms. The SMILES string of the molecule is CCON=C(C(=O)NC1C(=O)N2C(C(=O)[O-])=C(C(C)[n+]3ccc4nc(C)[nH]c4c3)CS[C@@H]12)c1csc(N)n1. The number of carboxylic acids is 1. The summed E-state index contributed by atoms with van der Waals surface area (Å²) in [6, 6.07) is 0.495. The predicted octanol–water partition coefficient (Wildman–Crippen LogP) is -0.397. The zero-order valence-electron chi connectivity index (χ0n) is 20.6. The topological polar surface area (TPSA) is 183 Å². The van der Waals surface area contributed by atoms with E-state index in [1.165, 1.54) is 16.7 Å². The summed E-state index contributed by atoms with van der Waals surface area (Å²) in [5, 5.41) is 19.9. The van der Waals surface area contributed by atoms with Gasteiger partial charge in [0.1, 0.15) is 40.6 Å². The summed E-state index contributed by atoms with van der Waals surface area (Å²) < 4.78 is 1.86. The first-order valence-electron chi connectivity index (χ1n) is 11.7. The second-order valence-corrected chi connectivity index (χ2v) is 10.6. The van der Waals surface area contributed by atoms with Gasteiger partial charge in [-0.15, -0.1) is 23.1 Å². The fourth-order valence-electron chi connectivity index (χ4n) is 4.41. The van der Waals surface area contributed by atoms with Crippen molar-refractivity contribution in [1.82, 2.24) is 25.2 Å². The van der Waals surface area contributed by atoms with Crippen molar-refractivity contribution in [3.05, 3.63) is 46.6 Å². The van der Waals surface area contributed by atoms with Crippen LogP contribution in [0.4, 0.5) is 5.13 Å². The number of aromatic amines is 1. The van der Waals surface area contributed by atoms with Gasteiger partial charge in [0.05, 0.1) is 11.7 Å². The third-order valence-corrected chi connectivity index (χ3v) is 8.23. The monoisotopic (exact) mass is 556 g/mol. The van der Waals surface area contributed by atoms with E-state index in [9.17, 15) is 19.5 Å². The summed E-state index contributed by atoms with van der Waals surface area (Å²) in [7, 11) is 0. The Morgan fingerprint density at radius 3 is 2.92 bits per heavy atom. The summed E-state index contributed by atoms with van der Waals surface area (Å²) >= 11 is 2.49. The fourth-order valence-corrected chi connectivity index (χ4v) is 6.43. The maximum absolute atomic E-state index is 13.2. The van der Waals surface area contributed by atoms with Gasteiger partial charge in [-0.2, -0.15) is 4.57 Å². The van der Waals surface area contributed by atoms with E-state index in [1.807, 2.05) is 36.9 Å². The van der Waals surface area contributed by atoms with Crippen molar-refractivity contribution < 1.29 is 28.9 Å². The number of H-pyrrole nitrogens is 1. The Bertz CT molecular complexity index is 1510. The van der Waals surface area contributed by atoms with Gasteiger partial charge in [0.25, 0.3) is 11.8 Å². The molecule has 3 aromatic rings. The highest BCUT2D eigenvalue weighted by Crippen LogP contribution is 2.42. The van der Waals surface area contributed by atoms with Crippen LogP contribution < -0.4 is 20.7 Å². The number of nitrogens with two attached hydrogens (primary N) is 1. The van der Waals surface area contributed by atoms with Gasteiger partial charge in [-0.05, 0) is 13.8 Å². The molecule has 2 aliphatic rings. The Kier molecular flexibility index (Phi) is 6.79. The fraction of sp³-hybridized carbons (Fsp3) is 0.348. The number of aromatic nitrogens is 4. The number of carbonyl (C=O) groups is 3. The second-order valence-electron chi connectivity index (χ2n) is 8.64. The zero-order chi connectivity index (χ0) is 27.1. The highest BCUT2D eigenvalue weighted by atomic mass is 32.2. The van der Waals surface area contributed by atoms with Gasteiger partial charge in [-0.1, -0.05) is 5.16 Å². The van der Waals surface area contributed by atoms with Crippen LogP contribution in [0, 0.1) is 6.92 Å². The number of amides is 2. The molecular weight excluding hydrogens is 532 g/mol. The van der Waals surface area contributed by atoms with Crippen LogP contribution in [-0.4, -0.2) is 67.1 Å². The predicted molar refractivity (Wildman–Crippen MR) is 137 cm³/mol. The first kappa shape index (κ1) is 25.7. The molecule has 13 nitrogen and oxygen atoms in total. The largest absolute Gasteiger partial charge is 0.543 e. The Morgan fingerprint density at radius 2 is 2.24 bits per heavy atom. The highest BCUT2D eigenvalue weighted by Gasteiger charge is 2.54. The van der Waals surface area contributed by atoms with Crippen LogP contribution in [0.5, 0.6) is 0 Å². The molecule has 2 unspecified atom stereocenters. The number of pyridine rings is 1. The number of fused-ring (bicyclic) bond motifs is 2. The van der Waals surface area contributed by atoms with Crippen molar-refractivity contribution in [2.75, 3.05) is 18.1 Å². The number of aliphatic carboxylic acids is 1. The zero-order valence-corrected chi connectivity index (χ0v) is 22.3. The molecule has 0 saturated carbocycles.